The lowest BCUT2D eigenvalue weighted by Gasteiger charge is -2.26. The van der Waals surface area contributed by atoms with E-state index in [1.54, 1.807) is 13.8 Å². The van der Waals surface area contributed by atoms with Gasteiger partial charge in [0.05, 0.1) is 0 Å². The Morgan fingerprint density at radius 1 is 1.41 bits per heavy atom. The molecule has 0 saturated carbocycles. The molecule has 5 nitrogen and oxygen atoms in total. The van der Waals surface area contributed by atoms with E-state index in [1.807, 2.05) is 0 Å². The van der Waals surface area contributed by atoms with Crippen molar-refractivity contribution in [3.05, 3.63) is 12.2 Å². The number of hydrogen-bond acceptors (Lipinski definition) is 4. The van der Waals surface area contributed by atoms with Crippen molar-refractivity contribution in [2.45, 2.75) is 39.3 Å². The van der Waals surface area contributed by atoms with E-state index in [0.717, 1.165) is 4.90 Å². The van der Waals surface area contributed by atoms with Gasteiger partial charge in [-0.3, -0.25) is 19.3 Å². The Balaban J connectivity index is 2.66. The van der Waals surface area contributed by atoms with Gasteiger partial charge in [0.1, 0.15) is 6.23 Å². The Morgan fingerprint density at radius 2 is 1.88 bits per heavy atom. The molecule has 1 aliphatic heterocycles. The van der Waals surface area contributed by atoms with Crippen molar-refractivity contribution in [3.8, 4) is 0 Å². The van der Waals surface area contributed by atoms with Crippen LogP contribution in [0.1, 0.15) is 33.1 Å². The van der Waals surface area contributed by atoms with Crippen molar-refractivity contribution in [3.63, 3.8) is 0 Å². The molecule has 0 aromatic carbocycles. The molecule has 5 heteroatoms. The van der Waals surface area contributed by atoms with Gasteiger partial charge in [-0.2, -0.15) is 0 Å². The van der Waals surface area contributed by atoms with Crippen molar-refractivity contribution >= 4 is 17.6 Å². The predicted octanol–water partition coefficient (Wildman–Crippen LogP) is 0.625. The Kier molecular flexibility index (Phi) is 4.17. The standard InChI is InChI=1S/C12H17NO4/c1-7(2)9(14)6-8(3)12(17)13-10(15)4-5-11(13)16/h8,12,17H,1,4-6H2,2-3H3. The maximum Gasteiger partial charge on any atom is 0.231 e. The summed E-state index contributed by atoms with van der Waals surface area (Å²) in [5.41, 5.74) is 0.406. The summed E-state index contributed by atoms with van der Waals surface area (Å²) in [6.45, 7) is 6.74. The summed E-state index contributed by atoms with van der Waals surface area (Å²) >= 11 is 0. The molecule has 0 spiro atoms. The second-order valence-electron chi connectivity index (χ2n) is 4.46. The molecule has 17 heavy (non-hydrogen) atoms. The first-order valence-electron chi connectivity index (χ1n) is 5.56. The molecule has 1 saturated heterocycles. The van der Waals surface area contributed by atoms with Gasteiger partial charge in [-0.15, -0.1) is 0 Å². The first-order valence-corrected chi connectivity index (χ1v) is 5.56. The van der Waals surface area contributed by atoms with E-state index in [4.69, 9.17) is 0 Å². The predicted molar refractivity (Wildman–Crippen MR) is 60.7 cm³/mol. The number of hydrogen-bond donors (Lipinski definition) is 1. The number of carbonyl (C=O) groups is 3. The van der Waals surface area contributed by atoms with Crippen LogP contribution in [-0.2, 0) is 14.4 Å². The number of imide groups is 1. The maximum absolute atomic E-state index is 11.4. The molecule has 94 valence electrons. The van der Waals surface area contributed by atoms with Crippen molar-refractivity contribution in [2.75, 3.05) is 0 Å². The van der Waals surface area contributed by atoms with E-state index in [0.29, 0.717) is 5.57 Å². The zero-order chi connectivity index (χ0) is 13.2. The fourth-order valence-corrected chi connectivity index (χ4v) is 1.72. The topological polar surface area (TPSA) is 74.7 Å². The minimum Gasteiger partial charge on any atom is -0.373 e. The molecule has 1 aliphatic rings. The van der Waals surface area contributed by atoms with Crippen LogP contribution in [-0.4, -0.2) is 33.8 Å². The lowest BCUT2D eigenvalue weighted by molar-refractivity contribution is -0.153. The smallest absolute Gasteiger partial charge is 0.231 e. The van der Waals surface area contributed by atoms with Gasteiger partial charge in [-0.1, -0.05) is 13.5 Å². The highest BCUT2D eigenvalue weighted by atomic mass is 16.3. The van der Waals surface area contributed by atoms with Crippen LogP contribution in [0, 0.1) is 5.92 Å². The largest absolute Gasteiger partial charge is 0.373 e. The minimum absolute atomic E-state index is 0.0769. The third-order valence-electron chi connectivity index (χ3n) is 2.85. The molecular formula is C12H17NO4. The number of carbonyl (C=O) groups excluding carboxylic acids is 3. The highest BCUT2D eigenvalue weighted by Crippen LogP contribution is 2.21. The lowest BCUT2D eigenvalue weighted by atomic mass is 9.99. The zero-order valence-electron chi connectivity index (χ0n) is 10.1. The number of nitrogens with zero attached hydrogens (tertiary/aromatic N) is 1. The number of allylic oxidation sites excluding steroid dienone is 1. The van der Waals surface area contributed by atoms with Crippen molar-refractivity contribution < 1.29 is 19.5 Å². The SMILES string of the molecule is C=C(C)C(=O)CC(C)C(O)N1C(=O)CCC1=O. The molecule has 1 fully saturated rings. The Bertz CT molecular complexity index is 359. The molecule has 1 N–H and O–H groups in total. The van der Waals surface area contributed by atoms with E-state index in [2.05, 4.69) is 6.58 Å². The number of rotatable bonds is 5. The molecular weight excluding hydrogens is 222 g/mol. The second kappa shape index (κ2) is 5.23. The summed E-state index contributed by atoms with van der Waals surface area (Å²) < 4.78 is 0. The minimum atomic E-state index is -1.22. The van der Waals surface area contributed by atoms with Crippen LogP contribution in [0.5, 0.6) is 0 Å². The normalized spacial score (nSPS) is 19.4. The molecule has 0 aliphatic carbocycles. The van der Waals surface area contributed by atoms with Crippen LogP contribution in [0.15, 0.2) is 12.2 Å². The van der Waals surface area contributed by atoms with Crippen molar-refractivity contribution in [1.82, 2.24) is 4.90 Å². The van der Waals surface area contributed by atoms with E-state index in [1.165, 1.54) is 0 Å². The first kappa shape index (κ1) is 13.6. The first-order chi connectivity index (χ1) is 7.84. The molecule has 0 aromatic rings. The van der Waals surface area contributed by atoms with E-state index < -0.39 is 12.1 Å². The summed E-state index contributed by atoms with van der Waals surface area (Å²) in [6, 6.07) is 0. The van der Waals surface area contributed by atoms with Gasteiger partial charge in [-0.05, 0) is 12.5 Å². The molecule has 2 unspecified atom stereocenters. The number of aliphatic hydroxyl groups excluding tert-OH is 1. The van der Waals surface area contributed by atoms with Gasteiger partial charge in [-0.25, -0.2) is 0 Å². The monoisotopic (exact) mass is 239 g/mol. The third-order valence-corrected chi connectivity index (χ3v) is 2.85. The average Bonchev–Trinajstić information content (AvgIpc) is 2.57. The highest BCUT2D eigenvalue weighted by molar-refractivity contribution is 6.02. The van der Waals surface area contributed by atoms with E-state index in [9.17, 15) is 19.5 Å². The fraction of sp³-hybridized carbons (Fsp3) is 0.583. The van der Waals surface area contributed by atoms with Crippen LogP contribution >= 0.6 is 0 Å². The van der Waals surface area contributed by atoms with E-state index >= 15 is 0 Å². The molecule has 1 heterocycles. The summed E-state index contributed by atoms with van der Waals surface area (Å²) in [5, 5.41) is 9.89. The van der Waals surface area contributed by atoms with Crippen LogP contribution in [0.25, 0.3) is 0 Å². The fourth-order valence-electron chi connectivity index (χ4n) is 1.72. The summed E-state index contributed by atoms with van der Waals surface area (Å²) in [5.74, 6) is -1.41. The van der Waals surface area contributed by atoms with Gasteiger partial charge in [0.2, 0.25) is 11.8 Å². The average molecular weight is 239 g/mol. The Labute approximate surface area is 100 Å². The van der Waals surface area contributed by atoms with Gasteiger partial charge >= 0.3 is 0 Å². The highest BCUT2D eigenvalue weighted by Gasteiger charge is 2.36. The number of amides is 2. The number of aliphatic hydroxyl groups is 1. The number of ketones is 1. The van der Waals surface area contributed by atoms with Crippen molar-refractivity contribution in [2.24, 2.45) is 5.92 Å². The Hall–Kier alpha value is -1.49. The van der Waals surface area contributed by atoms with Gasteiger partial charge in [0, 0.05) is 25.2 Å². The van der Waals surface area contributed by atoms with Gasteiger partial charge in [0.25, 0.3) is 0 Å². The third kappa shape index (κ3) is 3.00. The second-order valence-corrected chi connectivity index (χ2v) is 4.46. The maximum atomic E-state index is 11.4. The summed E-state index contributed by atoms with van der Waals surface area (Å²) in [4.78, 5) is 35.1. The molecule has 0 bridgehead atoms. The molecule has 0 radical (unpaired) electrons. The van der Waals surface area contributed by atoms with Crippen molar-refractivity contribution in [1.29, 1.82) is 0 Å². The number of likely N-dealkylation sites (tertiary alicyclic amines) is 1. The van der Waals surface area contributed by atoms with Crippen LogP contribution in [0.2, 0.25) is 0 Å². The molecule has 2 amide bonds. The molecule has 1 rings (SSSR count). The molecule has 2 atom stereocenters. The van der Waals surface area contributed by atoms with E-state index in [-0.39, 0.29) is 36.9 Å². The lowest BCUT2D eigenvalue weighted by Crippen LogP contribution is -2.43. The zero-order valence-corrected chi connectivity index (χ0v) is 10.1. The van der Waals surface area contributed by atoms with Crippen LogP contribution < -0.4 is 0 Å². The summed E-state index contributed by atoms with van der Waals surface area (Å²) in [6.07, 6.45) is -0.873. The van der Waals surface area contributed by atoms with Crippen LogP contribution in [0.3, 0.4) is 0 Å². The number of Topliss-reactive ketones (excluding diaryl/α,β-unsaturated/α-hetero) is 1. The summed E-state index contributed by atoms with van der Waals surface area (Å²) in [7, 11) is 0. The Morgan fingerprint density at radius 3 is 2.29 bits per heavy atom. The molecule has 0 aromatic heterocycles. The van der Waals surface area contributed by atoms with Gasteiger partial charge < -0.3 is 5.11 Å². The van der Waals surface area contributed by atoms with Crippen LogP contribution in [0.4, 0.5) is 0 Å². The quantitative estimate of drug-likeness (QED) is 0.564. The van der Waals surface area contributed by atoms with Gasteiger partial charge in [0.15, 0.2) is 5.78 Å².